The molecule has 1 unspecified atom stereocenters. The summed E-state index contributed by atoms with van der Waals surface area (Å²) < 4.78 is 2.02. The number of amides is 1. The first-order chi connectivity index (χ1) is 8.63. The summed E-state index contributed by atoms with van der Waals surface area (Å²) in [5, 5.41) is 2.44. The van der Waals surface area contributed by atoms with E-state index in [1.54, 1.807) is 7.05 Å². The third-order valence-electron chi connectivity index (χ3n) is 2.88. The topological polar surface area (TPSA) is 46.9 Å². The molecule has 2 rings (SSSR count). The van der Waals surface area contributed by atoms with Gasteiger partial charge in [0.05, 0.1) is 16.4 Å². The van der Waals surface area contributed by atoms with Crippen LogP contribution in [-0.2, 0) is 11.3 Å². The highest BCUT2D eigenvalue weighted by Gasteiger charge is 2.14. The highest BCUT2D eigenvalue weighted by Crippen LogP contribution is 2.24. The van der Waals surface area contributed by atoms with Gasteiger partial charge in [0.25, 0.3) is 0 Å². The highest BCUT2D eigenvalue weighted by atomic mass is 35.5. The van der Waals surface area contributed by atoms with Crippen LogP contribution in [0.3, 0.4) is 0 Å². The first-order valence-electron chi connectivity index (χ1n) is 5.93. The zero-order valence-electron chi connectivity index (χ0n) is 10.5. The standard InChI is InChI=1S/C13H16ClN3O/c1-9(14)13-16-10-5-3-4-6-11(10)17(13)8-7-12(18)15-2/h3-6,9H,7-8H2,1-2H3,(H,15,18). The van der Waals surface area contributed by atoms with Crippen molar-refractivity contribution in [1.82, 2.24) is 14.9 Å². The lowest BCUT2D eigenvalue weighted by Crippen LogP contribution is -2.20. The van der Waals surface area contributed by atoms with E-state index in [0.717, 1.165) is 16.9 Å². The molecule has 0 saturated heterocycles. The van der Waals surface area contributed by atoms with Crippen molar-refractivity contribution in [3.8, 4) is 0 Å². The number of fused-ring (bicyclic) bond motifs is 1. The van der Waals surface area contributed by atoms with E-state index in [2.05, 4.69) is 10.3 Å². The van der Waals surface area contributed by atoms with Crippen LogP contribution in [0.4, 0.5) is 0 Å². The number of alkyl halides is 1. The lowest BCUT2D eigenvalue weighted by molar-refractivity contribution is -0.120. The number of carbonyl (C=O) groups excluding carboxylic acids is 1. The monoisotopic (exact) mass is 265 g/mol. The zero-order chi connectivity index (χ0) is 13.1. The molecule has 18 heavy (non-hydrogen) atoms. The van der Waals surface area contributed by atoms with E-state index < -0.39 is 0 Å². The van der Waals surface area contributed by atoms with Gasteiger partial charge in [-0.15, -0.1) is 11.6 Å². The molecule has 1 heterocycles. The second kappa shape index (κ2) is 5.40. The van der Waals surface area contributed by atoms with Crippen LogP contribution in [0.1, 0.15) is 24.5 Å². The molecule has 1 atom stereocenters. The van der Waals surface area contributed by atoms with Gasteiger partial charge < -0.3 is 9.88 Å². The molecule has 1 aromatic carbocycles. The Morgan fingerprint density at radius 2 is 2.22 bits per heavy atom. The summed E-state index contributed by atoms with van der Waals surface area (Å²) in [7, 11) is 1.64. The maximum absolute atomic E-state index is 11.3. The molecular formula is C13H16ClN3O. The van der Waals surface area contributed by atoms with Crippen LogP contribution in [-0.4, -0.2) is 22.5 Å². The van der Waals surface area contributed by atoms with Gasteiger partial charge in [-0.1, -0.05) is 12.1 Å². The van der Waals surface area contributed by atoms with Crippen molar-refractivity contribution in [3.63, 3.8) is 0 Å². The molecule has 0 radical (unpaired) electrons. The molecule has 0 aliphatic rings. The molecule has 0 saturated carbocycles. The number of benzene rings is 1. The number of para-hydroxylation sites is 2. The van der Waals surface area contributed by atoms with Gasteiger partial charge in [0, 0.05) is 20.0 Å². The average molecular weight is 266 g/mol. The van der Waals surface area contributed by atoms with Crippen LogP contribution in [0, 0.1) is 0 Å². The predicted molar refractivity (Wildman–Crippen MR) is 72.7 cm³/mol. The normalized spacial score (nSPS) is 12.6. The van der Waals surface area contributed by atoms with Crippen LogP contribution in [0.25, 0.3) is 11.0 Å². The molecule has 2 aromatic rings. The number of hydrogen-bond donors (Lipinski definition) is 1. The molecule has 1 aromatic heterocycles. The van der Waals surface area contributed by atoms with E-state index in [-0.39, 0.29) is 11.3 Å². The van der Waals surface area contributed by atoms with Crippen LogP contribution in [0.5, 0.6) is 0 Å². The molecule has 1 amide bonds. The molecular weight excluding hydrogens is 250 g/mol. The predicted octanol–water partition coefficient (Wildman–Crippen LogP) is 2.47. The Kier molecular flexibility index (Phi) is 3.87. The van der Waals surface area contributed by atoms with Gasteiger partial charge in [0.1, 0.15) is 5.82 Å². The van der Waals surface area contributed by atoms with Gasteiger partial charge in [0.15, 0.2) is 0 Å². The number of imidazole rings is 1. The van der Waals surface area contributed by atoms with E-state index >= 15 is 0 Å². The fourth-order valence-corrected chi connectivity index (χ4v) is 2.14. The second-order valence-corrected chi connectivity index (χ2v) is 4.80. The number of carbonyl (C=O) groups is 1. The minimum absolute atomic E-state index is 0.0148. The van der Waals surface area contributed by atoms with Gasteiger partial charge >= 0.3 is 0 Å². The van der Waals surface area contributed by atoms with Crippen molar-refractivity contribution >= 4 is 28.5 Å². The number of nitrogens with zero attached hydrogens (tertiary/aromatic N) is 2. The molecule has 5 heteroatoms. The Balaban J connectivity index is 2.39. The summed E-state index contributed by atoms with van der Waals surface area (Å²) in [6.45, 7) is 2.48. The largest absolute Gasteiger partial charge is 0.359 e. The minimum Gasteiger partial charge on any atom is -0.359 e. The summed E-state index contributed by atoms with van der Waals surface area (Å²) in [6, 6.07) is 7.85. The summed E-state index contributed by atoms with van der Waals surface area (Å²) in [4.78, 5) is 15.9. The molecule has 0 fully saturated rings. The van der Waals surface area contributed by atoms with E-state index in [0.29, 0.717) is 13.0 Å². The summed E-state index contributed by atoms with van der Waals surface area (Å²) >= 11 is 6.15. The second-order valence-electron chi connectivity index (χ2n) is 4.15. The van der Waals surface area contributed by atoms with Crippen LogP contribution in [0.2, 0.25) is 0 Å². The van der Waals surface area contributed by atoms with E-state index in [1.165, 1.54) is 0 Å². The number of aromatic nitrogens is 2. The van der Waals surface area contributed by atoms with Crippen molar-refractivity contribution < 1.29 is 4.79 Å². The Labute approximate surface area is 111 Å². The molecule has 96 valence electrons. The highest BCUT2D eigenvalue weighted by molar-refractivity contribution is 6.20. The van der Waals surface area contributed by atoms with Gasteiger partial charge in [-0.2, -0.15) is 0 Å². The fraction of sp³-hybridized carbons (Fsp3) is 0.385. The van der Waals surface area contributed by atoms with Crippen molar-refractivity contribution in [2.75, 3.05) is 7.05 Å². The van der Waals surface area contributed by atoms with E-state index in [1.807, 2.05) is 35.8 Å². The fourth-order valence-electron chi connectivity index (χ4n) is 1.97. The van der Waals surface area contributed by atoms with E-state index in [9.17, 15) is 4.79 Å². The first kappa shape index (κ1) is 12.9. The van der Waals surface area contributed by atoms with E-state index in [4.69, 9.17) is 11.6 Å². The van der Waals surface area contributed by atoms with Gasteiger partial charge in [-0.3, -0.25) is 4.79 Å². The Bertz CT molecular complexity index is 562. The van der Waals surface area contributed by atoms with Crippen molar-refractivity contribution in [1.29, 1.82) is 0 Å². The maximum atomic E-state index is 11.3. The number of nitrogens with one attached hydrogen (secondary N) is 1. The SMILES string of the molecule is CNC(=O)CCn1c(C(C)Cl)nc2ccccc21. The summed E-state index contributed by atoms with van der Waals surface area (Å²) in [5.74, 6) is 0.822. The summed E-state index contributed by atoms with van der Waals surface area (Å²) in [6.07, 6.45) is 0.424. The lowest BCUT2D eigenvalue weighted by Gasteiger charge is -2.09. The Morgan fingerprint density at radius 1 is 1.50 bits per heavy atom. The minimum atomic E-state index is -0.179. The molecule has 4 nitrogen and oxygen atoms in total. The van der Waals surface area contributed by atoms with Gasteiger partial charge in [-0.05, 0) is 19.1 Å². The lowest BCUT2D eigenvalue weighted by atomic mass is 10.3. The summed E-state index contributed by atoms with van der Waals surface area (Å²) in [5.41, 5.74) is 1.93. The Hall–Kier alpha value is -1.55. The quantitative estimate of drug-likeness (QED) is 0.864. The number of hydrogen-bond acceptors (Lipinski definition) is 2. The number of halogens is 1. The number of rotatable bonds is 4. The third-order valence-corrected chi connectivity index (χ3v) is 3.08. The zero-order valence-corrected chi connectivity index (χ0v) is 11.2. The van der Waals surface area contributed by atoms with Crippen LogP contribution >= 0.6 is 11.6 Å². The average Bonchev–Trinajstić information content (AvgIpc) is 2.75. The maximum Gasteiger partial charge on any atom is 0.221 e. The van der Waals surface area contributed by atoms with Gasteiger partial charge in [-0.25, -0.2) is 4.98 Å². The smallest absolute Gasteiger partial charge is 0.221 e. The Morgan fingerprint density at radius 3 is 2.89 bits per heavy atom. The van der Waals surface area contributed by atoms with Gasteiger partial charge in [0.2, 0.25) is 5.91 Å². The van der Waals surface area contributed by atoms with Crippen LogP contribution in [0.15, 0.2) is 24.3 Å². The number of aryl methyl sites for hydroxylation is 1. The van der Waals surface area contributed by atoms with Crippen LogP contribution < -0.4 is 5.32 Å². The molecule has 0 spiro atoms. The molecule has 1 N–H and O–H groups in total. The molecule has 0 bridgehead atoms. The van der Waals surface area contributed by atoms with Crippen molar-refractivity contribution in [2.45, 2.75) is 25.3 Å². The van der Waals surface area contributed by atoms with Crippen molar-refractivity contribution in [2.24, 2.45) is 0 Å². The molecule has 0 aliphatic carbocycles. The third kappa shape index (κ3) is 2.48. The first-order valence-corrected chi connectivity index (χ1v) is 6.37. The molecule has 0 aliphatic heterocycles. The van der Waals surface area contributed by atoms with Crippen molar-refractivity contribution in [3.05, 3.63) is 30.1 Å².